The summed E-state index contributed by atoms with van der Waals surface area (Å²) in [7, 11) is -3.47. The summed E-state index contributed by atoms with van der Waals surface area (Å²) in [5.74, 6) is 1.23. The summed E-state index contributed by atoms with van der Waals surface area (Å²) in [6.07, 6.45) is 6.66. The highest BCUT2D eigenvalue weighted by Crippen LogP contribution is 2.30. The Hall–Kier alpha value is -0.920. The van der Waals surface area contributed by atoms with Crippen LogP contribution in [0.5, 0.6) is 0 Å². The zero-order chi connectivity index (χ0) is 15.5. The van der Waals surface area contributed by atoms with Gasteiger partial charge in [-0.05, 0) is 44.1 Å². The average Bonchev–Trinajstić information content (AvgIpc) is 2.90. The molecule has 3 N–H and O–H groups in total. The number of hydrogen-bond acceptors (Lipinski definition) is 4. The van der Waals surface area contributed by atoms with Crippen LogP contribution in [0.1, 0.15) is 39.5 Å². The lowest BCUT2D eigenvalue weighted by atomic mass is 9.79. The summed E-state index contributed by atoms with van der Waals surface area (Å²) in [4.78, 5) is 0.241. The maximum atomic E-state index is 12.4. The van der Waals surface area contributed by atoms with E-state index < -0.39 is 10.0 Å². The third-order valence-electron chi connectivity index (χ3n) is 4.43. The number of nitrogens with one attached hydrogen (secondary N) is 1. The van der Waals surface area contributed by atoms with E-state index in [9.17, 15) is 8.42 Å². The Morgan fingerprint density at radius 1 is 1.38 bits per heavy atom. The van der Waals surface area contributed by atoms with E-state index in [4.69, 9.17) is 5.73 Å². The van der Waals surface area contributed by atoms with Gasteiger partial charge in [0, 0.05) is 18.8 Å². The molecule has 1 aliphatic rings. The van der Waals surface area contributed by atoms with Crippen LogP contribution in [0.4, 0.5) is 0 Å². The fourth-order valence-corrected chi connectivity index (χ4v) is 4.04. The van der Waals surface area contributed by atoms with Gasteiger partial charge >= 0.3 is 0 Å². The summed E-state index contributed by atoms with van der Waals surface area (Å²) < 4.78 is 29.2. The summed E-state index contributed by atoms with van der Waals surface area (Å²) in [6, 6.07) is 0.0357. The molecule has 1 aliphatic carbocycles. The van der Waals surface area contributed by atoms with Crippen molar-refractivity contribution in [3.63, 3.8) is 0 Å². The van der Waals surface area contributed by atoms with Crippen LogP contribution in [0.2, 0.25) is 0 Å². The smallest absolute Gasteiger partial charge is 0.243 e. The Morgan fingerprint density at radius 2 is 2.14 bits per heavy atom. The van der Waals surface area contributed by atoms with E-state index in [0.717, 1.165) is 25.7 Å². The highest BCUT2D eigenvalue weighted by atomic mass is 32.2. The third kappa shape index (κ3) is 4.28. The van der Waals surface area contributed by atoms with Crippen LogP contribution in [0.15, 0.2) is 17.3 Å². The zero-order valence-corrected chi connectivity index (χ0v) is 13.6. The van der Waals surface area contributed by atoms with Crippen molar-refractivity contribution < 1.29 is 8.42 Å². The maximum Gasteiger partial charge on any atom is 0.243 e. The van der Waals surface area contributed by atoms with Crippen molar-refractivity contribution in [1.29, 1.82) is 0 Å². The minimum Gasteiger partial charge on any atom is -0.330 e. The Morgan fingerprint density at radius 3 is 2.81 bits per heavy atom. The highest BCUT2D eigenvalue weighted by Gasteiger charge is 2.28. The minimum absolute atomic E-state index is 0.0357. The Kier molecular flexibility index (Phi) is 5.40. The van der Waals surface area contributed by atoms with Crippen molar-refractivity contribution in [2.24, 2.45) is 17.6 Å². The fourth-order valence-electron chi connectivity index (χ4n) is 2.80. The Bertz CT molecular complexity index is 555. The van der Waals surface area contributed by atoms with E-state index in [-0.39, 0.29) is 10.9 Å². The standard InChI is InChI=1S/C14H26N4O2S/c1-11-4-5-13(8-12(11)2)17-21(19,20)14-9-16-18(10-14)7-3-6-15/h9-13,17H,3-8,15H2,1-2H3. The van der Waals surface area contributed by atoms with E-state index in [2.05, 4.69) is 23.7 Å². The topological polar surface area (TPSA) is 90.0 Å². The van der Waals surface area contributed by atoms with Crippen LogP contribution >= 0.6 is 0 Å². The van der Waals surface area contributed by atoms with Gasteiger partial charge in [0.05, 0.1) is 6.20 Å². The molecule has 120 valence electrons. The van der Waals surface area contributed by atoms with E-state index in [1.807, 2.05) is 0 Å². The molecule has 2 rings (SSSR count). The predicted molar refractivity (Wildman–Crippen MR) is 82.2 cm³/mol. The maximum absolute atomic E-state index is 12.4. The lowest BCUT2D eigenvalue weighted by Crippen LogP contribution is -2.39. The van der Waals surface area contributed by atoms with Gasteiger partial charge in [0.15, 0.2) is 0 Å². The predicted octanol–water partition coefficient (Wildman–Crippen LogP) is 1.33. The number of aryl methyl sites for hydroxylation is 1. The van der Waals surface area contributed by atoms with E-state index in [1.54, 1.807) is 10.9 Å². The van der Waals surface area contributed by atoms with E-state index in [0.29, 0.717) is 24.9 Å². The first kappa shape index (κ1) is 16.5. The van der Waals surface area contributed by atoms with Gasteiger partial charge in [-0.3, -0.25) is 4.68 Å². The van der Waals surface area contributed by atoms with Crippen molar-refractivity contribution in [1.82, 2.24) is 14.5 Å². The number of aromatic nitrogens is 2. The number of nitrogens with two attached hydrogens (primary N) is 1. The molecule has 0 spiro atoms. The summed E-state index contributed by atoms with van der Waals surface area (Å²) >= 11 is 0. The molecule has 0 radical (unpaired) electrons. The lowest BCUT2D eigenvalue weighted by Gasteiger charge is -2.32. The van der Waals surface area contributed by atoms with Gasteiger partial charge in [-0.1, -0.05) is 13.8 Å². The molecule has 0 amide bonds. The number of sulfonamides is 1. The van der Waals surface area contributed by atoms with Crippen LogP contribution in [0.25, 0.3) is 0 Å². The molecule has 1 aromatic rings. The summed E-state index contributed by atoms with van der Waals surface area (Å²) in [6.45, 7) is 5.63. The molecular formula is C14H26N4O2S. The van der Waals surface area contributed by atoms with Gasteiger partial charge in [0.2, 0.25) is 10.0 Å². The molecule has 1 fully saturated rings. The van der Waals surface area contributed by atoms with Crippen molar-refractivity contribution in [3.05, 3.63) is 12.4 Å². The molecular weight excluding hydrogens is 288 g/mol. The SMILES string of the molecule is CC1CCC(NS(=O)(=O)c2cnn(CCCN)c2)CC1C. The summed E-state index contributed by atoms with van der Waals surface area (Å²) in [5.41, 5.74) is 5.45. The number of nitrogens with zero attached hydrogens (tertiary/aromatic N) is 2. The van der Waals surface area contributed by atoms with Gasteiger partial charge in [0.1, 0.15) is 4.90 Å². The molecule has 3 unspecified atom stereocenters. The first-order valence-electron chi connectivity index (χ1n) is 7.67. The molecule has 1 aromatic heterocycles. The summed E-state index contributed by atoms with van der Waals surface area (Å²) in [5, 5.41) is 4.08. The molecule has 0 saturated heterocycles. The molecule has 6 nitrogen and oxygen atoms in total. The number of rotatable bonds is 6. The van der Waals surface area contributed by atoms with Gasteiger partial charge in [-0.2, -0.15) is 5.10 Å². The normalized spacial score (nSPS) is 26.9. The lowest BCUT2D eigenvalue weighted by molar-refractivity contribution is 0.242. The molecule has 0 aromatic carbocycles. The third-order valence-corrected chi connectivity index (χ3v) is 5.91. The van der Waals surface area contributed by atoms with Crippen LogP contribution in [-0.4, -0.2) is 30.8 Å². The molecule has 3 atom stereocenters. The molecule has 1 saturated carbocycles. The minimum atomic E-state index is -3.47. The molecule has 0 aliphatic heterocycles. The fraction of sp³-hybridized carbons (Fsp3) is 0.786. The highest BCUT2D eigenvalue weighted by molar-refractivity contribution is 7.89. The van der Waals surface area contributed by atoms with Crippen molar-refractivity contribution in [2.45, 2.75) is 57.0 Å². The van der Waals surface area contributed by atoms with Gasteiger partial charge in [-0.15, -0.1) is 0 Å². The zero-order valence-electron chi connectivity index (χ0n) is 12.8. The monoisotopic (exact) mass is 314 g/mol. The molecule has 0 bridgehead atoms. The first-order valence-corrected chi connectivity index (χ1v) is 9.15. The molecule has 21 heavy (non-hydrogen) atoms. The van der Waals surface area contributed by atoms with Crippen LogP contribution in [-0.2, 0) is 16.6 Å². The van der Waals surface area contributed by atoms with Crippen LogP contribution in [0, 0.1) is 11.8 Å². The van der Waals surface area contributed by atoms with Gasteiger partial charge < -0.3 is 5.73 Å². The Labute approximate surface area is 127 Å². The average molecular weight is 314 g/mol. The number of hydrogen-bond donors (Lipinski definition) is 2. The van der Waals surface area contributed by atoms with Gasteiger partial charge in [0.25, 0.3) is 0 Å². The quantitative estimate of drug-likeness (QED) is 0.829. The second-order valence-electron chi connectivity index (χ2n) is 6.17. The molecule has 1 heterocycles. The second kappa shape index (κ2) is 6.89. The first-order chi connectivity index (χ1) is 9.92. The van der Waals surface area contributed by atoms with Crippen molar-refractivity contribution in [3.8, 4) is 0 Å². The second-order valence-corrected chi connectivity index (χ2v) is 7.88. The van der Waals surface area contributed by atoms with Gasteiger partial charge in [-0.25, -0.2) is 13.1 Å². The van der Waals surface area contributed by atoms with Crippen LogP contribution in [0.3, 0.4) is 0 Å². The van der Waals surface area contributed by atoms with Crippen molar-refractivity contribution >= 4 is 10.0 Å². The largest absolute Gasteiger partial charge is 0.330 e. The van der Waals surface area contributed by atoms with Crippen molar-refractivity contribution in [2.75, 3.05) is 6.54 Å². The molecule has 7 heteroatoms. The van der Waals surface area contributed by atoms with Crippen LogP contribution < -0.4 is 10.5 Å². The Balaban J connectivity index is 1.99. The van der Waals surface area contributed by atoms with E-state index in [1.165, 1.54) is 6.20 Å². The van der Waals surface area contributed by atoms with E-state index >= 15 is 0 Å².